The van der Waals surface area contributed by atoms with Crippen LogP contribution in [-0.2, 0) is 11.3 Å². The molecular weight excluding hydrogens is 246 g/mol. The van der Waals surface area contributed by atoms with Gasteiger partial charge in [-0.3, -0.25) is 4.79 Å². The molecule has 4 nitrogen and oxygen atoms in total. The summed E-state index contributed by atoms with van der Waals surface area (Å²) in [6.45, 7) is 0.189. The Morgan fingerprint density at radius 1 is 1.22 bits per heavy atom. The van der Waals surface area contributed by atoms with E-state index in [0.29, 0.717) is 5.69 Å². The number of hydrogen-bond donors (Lipinski definition) is 2. The van der Waals surface area contributed by atoms with Crippen molar-refractivity contribution in [2.75, 3.05) is 5.32 Å². The molecule has 1 heterocycles. The average molecular weight is 259 g/mol. The molecule has 92 valence electrons. The normalized spacial score (nSPS) is 10.0. The van der Waals surface area contributed by atoms with Crippen LogP contribution in [0.25, 0.3) is 0 Å². The Hall–Kier alpha value is -2.14. The van der Waals surface area contributed by atoms with Crippen molar-refractivity contribution < 1.29 is 4.79 Å². The summed E-state index contributed by atoms with van der Waals surface area (Å²) in [7, 11) is 0. The molecule has 0 fully saturated rings. The van der Waals surface area contributed by atoms with Crippen molar-refractivity contribution in [1.82, 2.24) is 4.57 Å². The van der Waals surface area contributed by atoms with Crippen molar-refractivity contribution in [3.63, 3.8) is 0 Å². The van der Waals surface area contributed by atoms with Crippen LogP contribution in [0.3, 0.4) is 0 Å². The third kappa shape index (κ3) is 2.95. The van der Waals surface area contributed by atoms with Crippen molar-refractivity contribution in [2.45, 2.75) is 6.54 Å². The number of nitrogens with zero attached hydrogens (tertiary/aromatic N) is 1. The SMILES string of the molecule is NC(=S)c1cccn1CC(=O)Nc1ccccc1. The van der Waals surface area contributed by atoms with Crippen molar-refractivity contribution in [2.24, 2.45) is 5.73 Å². The van der Waals surface area contributed by atoms with E-state index in [-0.39, 0.29) is 17.4 Å². The van der Waals surface area contributed by atoms with Crippen molar-refractivity contribution in [3.05, 3.63) is 54.4 Å². The average Bonchev–Trinajstić information content (AvgIpc) is 2.78. The molecule has 0 aliphatic carbocycles. The Morgan fingerprint density at radius 3 is 2.61 bits per heavy atom. The van der Waals surface area contributed by atoms with E-state index in [9.17, 15) is 4.79 Å². The van der Waals surface area contributed by atoms with Gasteiger partial charge in [0, 0.05) is 11.9 Å². The third-order valence-electron chi connectivity index (χ3n) is 2.45. The number of thiocarbonyl (C=S) groups is 1. The van der Waals surface area contributed by atoms with E-state index in [1.807, 2.05) is 36.4 Å². The minimum Gasteiger partial charge on any atom is -0.388 e. The maximum Gasteiger partial charge on any atom is 0.244 e. The number of amides is 1. The predicted molar refractivity (Wildman–Crippen MR) is 75.4 cm³/mol. The van der Waals surface area contributed by atoms with Gasteiger partial charge in [0.05, 0.1) is 5.69 Å². The number of nitrogens with one attached hydrogen (secondary N) is 1. The Morgan fingerprint density at radius 2 is 1.94 bits per heavy atom. The molecule has 0 spiro atoms. The van der Waals surface area contributed by atoms with Crippen LogP contribution < -0.4 is 11.1 Å². The van der Waals surface area contributed by atoms with Gasteiger partial charge in [-0.05, 0) is 24.3 Å². The first-order valence-corrected chi connectivity index (χ1v) is 5.87. The van der Waals surface area contributed by atoms with Gasteiger partial charge in [0.15, 0.2) is 0 Å². The second-order valence-corrected chi connectivity index (χ2v) is 4.24. The molecule has 0 unspecified atom stereocenters. The summed E-state index contributed by atoms with van der Waals surface area (Å²) < 4.78 is 1.72. The van der Waals surface area contributed by atoms with Crippen molar-refractivity contribution in [1.29, 1.82) is 0 Å². The van der Waals surface area contributed by atoms with Crippen molar-refractivity contribution in [3.8, 4) is 0 Å². The monoisotopic (exact) mass is 259 g/mol. The van der Waals surface area contributed by atoms with Gasteiger partial charge in [-0.25, -0.2) is 0 Å². The fraction of sp³-hybridized carbons (Fsp3) is 0.0769. The number of carbonyl (C=O) groups is 1. The second kappa shape index (κ2) is 5.46. The van der Waals surface area contributed by atoms with E-state index in [1.165, 1.54) is 0 Å². The van der Waals surface area contributed by atoms with Gasteiger partial charge < -0.3 is 15.6 Å². The molecule has 1 amide bonds. The van der Waals surface area contributed by atoms with E-state index >= 15 is 0 Å². The zero-order valence-electron chi connectivity index (χ0n) is 9.67. The summed E-state index contributed by atoms with van der Waals surface area (Å²) in [5.74, 6) is -0.116. The number of para-hydroxylation sites is 1. The lowest BCUT2D eigenvalue weighted by Gasteiger charge is -2.08. The van der Waals surface area contributed by atoms with E-state index in [2.05, 4.69) is 5.32 Å². The van der Waals surface area contributed by atoms with Gasteiger partial charge in [-0.2, -0.15) is 0 Å². The molecule has 0 saturated carbocycles. The molecule has 1 aromatic carbocycles. The highest BCUT2D eigenvalue weighted by Gasteiger charge is 2.08. The number of benzene rings is 1. The van der Waals surface area contributed by atoms with Crippen LogP contribution in [0.15, 0.2) is 48.7 Å². The first-order chi connectivity index (χ1) is 8.66. The fourth-order valence-electron chi connectivity index (χ4n) is 1.65. The molecule has 5 heteroatoms. The Labute approximate surface area is 110 Å². The van der Waals surface area contributed by atoms with Gasteiger partial charge in [0.2, 0.25) is 5.91 Å². The molecule has 1 aromatic heterocycles. The molecule has 2 aromatic rings. The molecule has 0 bridgehead atoms. The molecule has 0 aliphatic rings. The van der Waals surface area contributed by atoms with E-state index in [4.69, 9.17) is 18.0 Å². The van der Waals surface area contributed by atoms with Crippen LogP contribution in [0.4, 0.5) is 5.69 Å². The first-order valence-electron chi connectivity index (χ1n) is 5.46. The van der Waals surface area contributed by atoms with Gasteiger partial charge in [0.25, 0.3) is 0 Å². The Balaban J connectivity index is 2.04. The number of hydrogen-bond acceptors (Lipinski definition) is 2. The lowest BCUT2D eigenvalue weighted by Crippen LogP contribution is -2.22. The maximum absolute atomic E-state index is 11.8. The molecule has 0 aliphatic heterocycles. The number of anilines is 1. The lowest BCUT2D eigenvalue weighted by molar-refractivity contribution is -0.116. The zero-order chi connectivity index (χ0) is 13.0. The van der Waals surface area contributed by atoms with Crippen LogP contribution in [0.2, 0.25) is 0 Å². The second-order valence-electron chi connectivity index (χ2n) is 3.80. The molecule has 0 saturated heterocycles. The number of rotatable bonds is 4. The molecule has 0 atom stereocenters. The smallest absolute Gasteiger partial charge is 0.244 e. The van der Waals surface area contributed by atoms with Gasteiger partial charge >= 0.3 is 0 Å². The fourth-order valence-corrected chi connectivity index (χ4v) is 1.84. The number of aromatic nitrogens is 1. The first kappa shape index (κ1) is 12.3. The van der Waals surface area contributed by atoms with Crippen LogP contribution in [0.5, 0.6) is 0 Å². The highest BCUT2D eigenvalue weighted by Crippen LogP contribution is 2.06. The van der Waals surface area contributed by atoms with Crippen molar-refractivity contribution >= 4 is 28.8 Å². The summed E-state index contributed by atoms with van der Waals surface area (Å²) in [5.41, 5.74) is 7.02. The minimum atomic E-state index is -0.116. The van der Waals surface area contributed by atoms with Gasteiger partial charge in [0.1, 0.15) is 11.5 Å². The highest BCUT2D eigenvalue weighted by atomic mass is 32.1. The summed E-state index contributed by atoms with van der Waals surface area (Å²) in [6.07, 6.45) is 1.78. The molecule has 2 rings (SSSR count). The number of carbonyl (C=O) groups excluding carboxylic acids is 1. The quantitative estimate of drug-likeness (QED) is 0.823. The predicted octanol–water partition coefficient (Wildman–Crippen LogP) is 1.76. The Bertz CT molecular complexity index is 563. The zero-order valence-corrected chi connectivity index (χ0v) is 10.5. The third-order valence-corrected chi connectivity index (χ3v) is 2.66. The lowest BCUT2D eigenvalue weighted by atomic mass is 10.3. The van der Waals surface area contributed by atoms with E-state index < -0.39 is 0 Å². The molecular formula is C13H13N3OS. The number of nitrogens with two attached hydrogens (primary N) is 1. The standard InChI is InChI=1S/C13H13N3OS/c14-13(18)11-7-4-8-16(11)9-12(17)15-10-5-2-1-3-6-10/h1-8H,9H2,(H2,14,18)(H,15,17). The summed E-state index contributed by atoms with van der Waals surface area (Å²) in [6, 6.07) is 12.9. The molecule has 18 heavy (non-hydrogen) atoms. The van der Waals surface area contributed by atoms with E-state index in [1.54, 1.807) is 16.8 Å². The summed E-state index contributed by atoms with van der Waals surface area (Å²) in [4.78, 5) is 12.1. The van der Waals surface area contributed by atoms with Gasteiger partial charge in [-0.15, -0.1) is 0 Å². The molecule has 0 radical (unpaired) electrons. The van der Waals surface area contributed by atoms with Crippen LogP contribution in [0, 0.1) is 0 Å². The van der Waals surface area contributed by atoms with Crippen LogP contribution in [0.1, 0.15) is 5.69 Å². The summed E-state index contributed by atoms with van der Waals surface area (Å²) in [5, 5.41) is 2.80. The largest absolute Gasteiger partial charge is 0.388 e. The topological polar surface area (TPSA) is 60.0 Å². The molecule has 3 N–H and O–H groups in total. The summed E-state index contributed by atoms with van der Waals surface area (Å²) >= 11 is 4.91. The minimum absolute atomic E-state index is 0.116. The van der Waals surface area contributed by atoms with Crippen LogP contribution in [-0.4, -0.2) is 15.5 Å². The maximum atomic E-state index is 11.8. The van der Waals surface area contributed by atoms with Crippen LogP contribution >= 0.6 is 12.2 Å². The highest BCUT2D eigenvalue weighted by molar-refractivity contribution is 7.80. The van der Waals surface area contributed by atoms with Gasteiger partial charge in [-0.1, -0.05) is 30.4 Å². The van der Waals surface area contributed by atoms with E-state index in [0.717, 1.165) is 5.69 Å². The Kier molecular flexibility index (Phi) is 3.74.